The smallest absolute Gasteiger partial charge is 0.230 e. The predicted octanol–water partition coefficient (Wildman–Crippen LogP) is 2.33. The molecule has 1 aromatic heterocycles. The zero-order chi connectivity index (χ0) is 27.9. The van der Waals surface area contributed by atoms with Crippen molar-refractivity contribution in [2.45, 2.75) is 38.9 Å². The molecule has 0 radical (unpaired) electrons. The van der Waals surface area contributed by atoms with E-state index < -0.39 is 0 Å². The summed E-state index contributed by atoms with van der Waals surface area (Å²) < 4.78 is 5.24. The lowest BCUT2D eigenvalue weighted by atomic mass is 10.1. The van der Waals surface area contributed by atoms with Crippen molar-refractivity contribution in [2.75, 3.05) is 52.2 Å². The third-order valence-electron chi connectivity index (χ3n) is 7.40. The second kappa shape index (κ2) is 13.0. The molecule has 2 saturated heterocycles. The second-order valence-electron chi connectivity index (χ2n) is 10.6. The lowest BCUT2D eigenvalue weighted by molar-refractivity contribution is -0.128. The topological polar surface area (TPSA) is 104 Å². The number of Topliss-reactive ketones (excluding diaryl/α,β-unsaturated/α-hetero) is 1. The molecule has 210 valence electrons. The summed E-state index contributed by atoms with van der Waals surface area (Å²) in [6.45, 7) is 6.25. The Balaban J connectivity index is 1.24. The molecule has 0 spiro atoms. The third kappa shape index (κ3) is 7.61. The highest BCUT2D eigenvalue weighted by Crippen LogP contribution is 2.16. The van der Waals surface area contributed by atoms with Gasteiger partial charge in [-0.3, -0.25) is 14.5 Å². The standard InChI is InChI=1S/C30H37N7O3/c1-35-13-15-36(16-14-35)19-24-5-3-22(4-6-24)9-12-27-32-28(21-37-20-25(38)17-29(37)39)34-30(33-27)31-18-23-7-10-26(40-2)11-8-23/h3-8,10-11H,9,12-21H2,1-2H3,(H,31,32,33,34). The summed E-state index contributed by atoms with van der Waals surface area (Å²) >= 11 is 0. The first kappa shape index (κ1) is 27.7. The van der Waals surface area contributed by atoms with Crippen LogP contribution in [0.25, 0.3) is 0 Å². The molecule has 0 bridgehead atoms. The Morgan fingerprint density at radius 1 is 0.800 bits per heavy atom. The average molecular weight is 544 g/mol. The normalized spacial score (nSPS) is 16.5. The van der Waals surface area contributed by atoms with E-state index in [4.69, 9.17) is 4.74 Å². The SMILES string of the molecule is COc1ccc(CNc2nc(CCc3ccc(CN4CCN(C)CC4)cc3)nc(CN3CC(=O)CC3=O)n2)cc1. The van der Waals surface area contributed by atoms with Gasteiger partial charge in [-0.15, -0.1) is 0 Å². The third-order valence-corrected chi connectivity index (χ3v) is 7.40. The fourth-order valence-corrected chi connectivity index (χ4v) is 4.94. The monoisotopic (exact) mass is 543 g/mol. The van der Waals surface area contributed by atoms with E-state index in [-0.39, 0.29) is 31.2 Å². The van der Waals surface area contributed by atoms with E-state index in [9.17, 15) is 9.59 Å². The van der Waals surface area contributed by atoms with E-state index in [0.717, 1.165) is 50.5 Å². The van der Waals surface area contributed by atoms with Gasteiger partial charge in [-0.05, 0) is 42.3 Å². The molecule has 2 fully saturated rings. The van der Waals surface area contributed by atoms with Gasteiger partial charge in [0.1, 0.15) is 11.6 Å². The molecular weight excluding hydrogens is 506 g/mol. The summed E-state index contributed by atoms with van der Waals surface area (Å²) in [7, 11) is 3.82. The van der Waals surface area contributed by atoms with E-state index in [1.54, 1.807) is 7.11 Å². The number of rotatable bonds is 11. The second-order valence-corrected chi connectivity index (χ2v) is 10.6. The number of hydrogen-bond donors (Lipinski definition) is 1. The summed E-state index contributed by atoms with van der Waals surface area (Å²) in [5.74, 6) is 2.13. The molecule has 0 unspecified atom stereocenters. The minimum Gasteiger partial charge on any atom is -0.497 e. The molecule has 10 nitrogen and oxygen atoms in total. The number of aromatic nitrogens is 3. The van der Waals surface area contributed by atoms with Crippen LogP contribution in [0.3, 0.4) is 0 Å². The van der Waals surface area contributed by atoms with E-state index in [1.807, 2.05) is 24.3 Å². The van der Waals surface area contributed by atoms with Crippen molar-refractivity contribution >= 4 is 17.6 Å². The molecule has 2 aliphatic rings. The van der Waals surface area contributed by atoms with Crippen molar-refractivity contribution in [1.29, 1.82) is 0 Å². The fourth-order valence-electron chi connectivity index (χ4n) is 4.94. The number of methoxy groups -OCH3 is 1. The van der Waals surface area contributed by atoms with Crippen LogP contribution >= 0.6 is 0 Å². The van der Waals surface area contributed by atoms with Gasteiger partial charge in [-0.25, -0.2) is 4.98 Å². The zero-order valence-electron chi connectivity index (χ0n) is 23.3. The summed E-state index contributed by atoms with van der Waals surface area (Å²) in [6, 6.07) is 16.6. The first-order valence-electron chi connectivity index (χ1n) is 13.8. The number of likely N-dealkylation sites (tertiary alicyclic amines) is 1. The van der Waals surface area contributed by atoms with Gasteiger partial charge < -0.3 is 19.9 Å². The number of ketones is 1. The maximum atomic E-state index is 12.2. The Morgan fingerprint density at radius 3 is 2.15 bits per heavy atom. The van der Waals surface area contributed by atoms with Crippen LogP contribution in [0.2, 0.25) is 0 Å². The molecule has 0 atom stereocenters. The summed E-state index contributed by atoms with van der Waals surface area (Å²) in [5.41, 5.74) is 3.60. The minimum absolute atomic E-state index is 0.0503. The highest BCUT2D eigenvalue weighted by Gasteiger charge is 2.28. The van der Waals surface area contributed by atoms with Gasteiger partial charge in [0.25, 0.3) is 0 Å². The van der Waals surface area contributed by atoms with Crippen LogP contribution in [-0.4, -0.2) is 88.2 Å². The predicted molar refractivity (Wildman–Crippen MR) is 152 cm³/mol. The van der Waals surface area contributed by atoms with Crippen molar-refractivity contribution in [1.82, 2.24) is 29.7 Å². The van der Waals surface area contributed by atoms with Crippen LogP contribution in [0, 0.1) is 0 Å². The van der Waals surface area contributed by atoms with E-state index >= 15 is 0 Å². The lowest BCUT2D eigenvalue weighted by Gasteiger charge is -2.32. The average Bonchev–Trinajstić information content (AvgIpc) is 3.28. The number of ether oxygens (including phenoxy) is 1. The summed E-state index contributed by atoms with van der Waals surface area (Å²) in [4.78, 5) is 44.2. The van der Waals surface area contributed by atoms with Crippen LogP contribution in [0.1, 0.15) is 34.8 Å². The van der Waals surface area contributed by atoms with Crippen molar-refractivity contribution in [3.63, 3.8) is 0 Å². The summed E-state index contributed by atoms with van der Waals surface area (Å²) in [5, 5.41) is 3.29. The zero-order valence-corrected chi connectivity index (χ0v) is 23.3. The van der Waals surface area contributed by atoms with E-state index in [1.165, 1.54) is 16.0 Å². The number of aryl methyl sites for hydroxylation is 2. The molecule has 5 rings (SSSR count). The van der Waals surface area contributed by atoms with Gasteiger partial charge in [-0.2, -0.15) is 9.97 Å². The number of anilines is 1. The number of amides is 1. The molecule has 3 heterocycles. The minimum atomic E-state index is -0.184. The van der Waals surface area contributed by atoms with Gasteiger partial charge in [0.05, 0.1) is 26.6 Å². The highest BCUT2D eigenvalue weighted by atomic mass is 16.5. The van der Waals surface area contributed by atoms with Crippen LogP contribution in [0.5, 0.6) is 5.75 Å². The van der Waals surface area contributed by atoms with Gasteiger partial charge in [0.2, 0.25) is 11.9 Å². The van der Waals surface area contributed by atoms with Gasteiger partial charge in [-0.1, -0.05) is 36.4 Å². The summed E-state index contributed by atoms with van der Waals surface area (Å²) in [6.07, 6.45) is 1.38. The number of hydrogen-bond acceptors (Lipinski definition) is 9. The molecule has 40 heavy (non-hydrogen) atoms. The molecule has 3 aromatic rings. The molecule has 2 aliphatic heterocycles. The molecule has 1 amide bonds. The van der Waals surface area contributed by atoms with Crippen LogP contribution in [0.15, 0.2) is 48.5 Å². The number of likely N-dealkylation sites (N-methyl/N-ethyl adjacent to an activating group) is 1. The molecular formula is C30H37N7O3. The number of carbonyl (C=O) groups excluding carboxylic acids is 2. The van der Waals surface area contributed by atoms with Crippen molar-refractivity contribution in [3.05, 3.63) is 76.9 Å². The largest absolute Gasteiger partial charge is 0.497 e. The Morgan fingerprint density at radius 2 is 1.48 bits per heavy atom. The first-order valence-corrected chi connectivity index (χ1v) is 13.8. The lowest BCUT2D eigenvalue weighted by Crippen LogP contribution is -2.43. The van der Waals surface area contributed by atoms with Crippen LogP contribution < -0.4 is 10.1 Å². The quantitative estimate of drug-likeness (QED) is 0.365. The Bertz CT molecular complexity index is 1310. The van der Waals surface area contributed by atoms with Crippen LogP contribution in [-0.2, 0) is 42.1 Å². The van der Waals surface area contributed by atoms with Gasteiger partial charge in [0, 0.05) is 45.7 Å². The number of carbonyl (C=O) groups is 2. The first-order chi connectivity index (χ1) is 19.4. The number of piperazine rings is 1. The number of nitrogens with one attached hydrogen (secondary N) is 1. The van der Waals surface area contributed by atoms with Crippen LogP contribution in [0.4, 0.5) is 5.95 Å². The maximum Gasteiger partial charge on any atom is 0.230 e. The van der Waals surface area contributed by atoms with E-state index in [2.05, 4.69) is 61.4 Å². The number of nitrogens with zero attached hydrogens (tertiary/aromatic N) is 6. The molecule has 0 aliphatic carbocycles. The van der Waals surface area contributed by atoms with E-state index in [0.29, 0.717) is 30.6 Å². The molecule has 0 saturated carbocycles. The highest BCUT2D eigenvalue weighted by molar-refractivity contribution is 6.05. The van der Waals surface area contributed by atoms with Gasteiger partial charge in [0.15, 0.2) is 11.6 Å². The van der Waals surface area contributed by atoms with Crippen molar-refractivity contribution in [2.24, 2.45) is 0 Å². The fraction of sp³-hybridized carbons (Fsp3) is 0.433. The molecule has 2 aromatic carbocycles. The Kier molecular flexibility index (Phi) is 8.98. The van der Waals surface area contributed by atoms with Crippen molar-refractivity contribution in [3.8, 4) is 5.75 Å². The Hall–Kier alpha value is -3.89. The van der Waals surface area contributed by atoms with Gasteiger partial charge >= 0.3 is 0 Å². The maximum absolute atomic E-state index is 12.2. The Labute approximate surface area is 235 Å². The number of benzene rings is 2. The van der Waals surface area contributed by atoms with Crippen molar-refractivity contribution < 1.29 is 14.3 Å². The molecule has 10 heteroatoms. The molecule has 1 N–H and O–H groups in total.